The Morgan fingerprint density at radius 1 is 1.10 bits per heavy atom. The van der Waals surface area contributed by atoms with Gasteiger partial charge in [-0.25, -0.2) is 0 Å². The minimum atomic E-state index is -0.658. The zero-order valence-corrected chi connectivity index (χ0v) is 12.2. The second kappa shape index (κ2) is 6.90. The van der Waals surface area contributed by atoms with Crippen molar-refractivity contribution < 1.29 is 14.3 Å². The Bertz CT molecular complexity index is 608. The van der Waals surface area contributed by atoms with Crippen molar-refractivity contribution >= 4 is 5.97 Å². The standard InChI is InChI=1S/C17H19NO3/c1-20-14-9-7-12(8-10-14)15-6-4-3-5-13(15)11-16(18)17(19)21-2/h3-10,16H,11,18H2,1-2H3/t16-/m0/s1. The lowest BCUT2D eigenvalue weighted by atomic mass is 9.95. The Morgan fingerprint density at radius 3 is 2.38 bits per heavy atom. The number of hydrogen-bond donors (Lipinski definition) is 1. The third-order valence-corrected chi connectivity index (χ3v) is 3.36. The number of ether oxygens (including phenoxy) is 2. The van der Waals surface area contributed by atoms with Gasteiger partial charge in [-0.2, -0.15) is 0 Å². The molecule has 1 atom stereocenters. The summed E-state index contributed by atoms with van der Waals surface area (Å²) in [6.45, 7) is 0. The first-order valence-electron chi connectivity index (χ1n) is 6.71. The van der Waals surface area contributed by atoms with E-state index in [9.17, 15) is 4.79 Å². The van der Waals surface area contributed by atoms with Crippen LogP contribution in [0.25, 0.3) is 11.1 Å². The highest BCUT2D eigenvalue weighted by Crippen LogP contribution is 2.26. The van der Waals surface area contributed by atoms with Gasteiger partial charge in [0.2, 0.25) is 0 Å². The molecule has 2 aromatic carbocycles. The number of carbonyl (C=O) groups excluding carboxylic acids is 1. The van der Waals surface area contributed by atoms with Crippen molar-refractivity contribution in [1.29, 1.82) is 0 Å². The fourth-order valence-corrected chi connectivity index (χ4v) is 2.22. The molecule has 0 heterocycles. The van der Waals surface area contributed by atoms with E-state index < -0.39 is 12.0 Å². The first-order valence-corrected chi connectivity index (χ1v) is 6.71. The van der Waals surface area contributed by atoms with Crippen LogP contribution in [0.1, 0.15) is 5.56 Å². The fraction of sp³-hybridized carbons (Fsp3) is 0.235. The molecule has 2 N–H and O–H groups in total. The van der Waals surface area contributed by atoms with Crippen LogP contribution in [0.3, 0.4) is 0 Å². The highest BCUT2D eigenvalue weighted by Gasteiger charge is 2.16. The molecule has 0 aliphatic heterocycles. The van der Waals surface area contributed by atoms with Crippen LogP contribution in [0.5, 0.6) is 5.75 Å². The van der Waals surface area contributed by atoms with Gasteiger partial charge in [-0.05, 0) is 35.2 Å². The number of methoxy groups -OCH3 is 2. The van der Waals surface area contributed by atoms with E-state index in [4.69, 9.17) is 10.5 Å². The van der Waals surface area contributed by atoms with Crippen molar-refractivity contribution in [3.8, 4) is 16.9 Å². The first-order chi connectivity index (χ1) is 10.2. The summed E-state index contributed by atoms with van der Waals surface area (Å²) < 4.78 is 9.84. The molecule has 0 aliphatic rings. The van der Waals surface area contributed by atoms with Gasteiger partial charge in [0.05, 0.1) is 14.2 Å². The largest absolute Gasteiger partial charge is 0.497 e. The Kier molecular flexibility index (Phi) is 4.95. The number of hydrogen-bond acceptors (Lipinski definition) is 4. The minimum absolute atomic E-state index is 0.403. The molecule has 0 aliphatic carbocycles. The SMILES string of the molecule is COC(=O)[C@@H](N)Cc1ccccc1-c1ccc(OC)cc1. The van der Waals surface area contributed by atoms with Gasteiger partial charge < -0.3 is 15.2 Å². The molecule has 0 spiro atoms. The predicted octanol–water partition coefficient (Wildman–Crippen LogP) is 2.41. The van der Waals surface area contributed by atoms with Crippen molar-refractivity contribution in [3.63, 3.8) is 0 Å². The zero-order chi connectivity index (χ0) is 15.2. The van der Waals surface area contributed by atoms with Crippen LogP contribution in [0.4, 0.5) is 0 Å². The first kappa shape index (κ1) is 15.1. The maximum atomic E-state index is 11.5. The summed E-state index contributed by atoms with van der Waals surface area (Å²) in [7, 11) is 2.98. The lowest BCUT2D eigenvalue weighted by Gasteiger charge is -2.13. The number of nitrogens with two attached hydrogens (primary N) is 1. The lowest BCUT2D eigenvalue weighted by Crippen LogP contribution is -2.33. The Morgan fingerprint density at radius 2 is 1.76 bits per heavy atom. The summed E-state index contributed by atoms with van der Waals surface area (Å²) >= 11 is 0. The molecule has 0 fully saturated rings. The Hall–Kier alpha value is -2.33. The number of rotatable bonds is 5. The Labute approximate surface area is 124 Å². The summed E-state index contributed by atoms with van der Waals surface area (Å²) in [5.41, 5.74) is 8.99. The summed E-state index contributed by atoms with van der Waals surface area (Å²) in [5, 5.41) is 0. The Balaban J connectivity index is 2.29. The lowest BCUT2D eigenvalue weighted by molar-refractivity contribution is -0.142. The van der Waals surface area contributed by atoms with Crippen LogP contribution in [0, 0.1) is 0 Å². The van der Waals surface area contributed by atoms with Gasteiger partial charge in [0.1, 0.15) is 11.8 Å². The van der Waals surface area contributed by atoms with Crippen molar-refractivity contribution in [2.24, 2.45) is 5.73 Å². The van der Waals surface area contributed by atoms with Crippen LogP contribution < -0.4 is 10.5 Å². The molecule has 110 valence electrons. The normalized spacial score (nSPS) is 11.8. The van der Waals surface area contributed by atoms with Gasteiger partial charge in [-0.15, -0.1) is 0 Å². The number of esters is 1. The molecule has 0 aromatic heterocycles. The molecular formula is C17H19NO3. The van der Waals surface area contributed by atoms with E-state index >= 15 is 0 Å². The van der Waals surface area contributed by atoms with E-state index in [1.807, 2.05) is 48.5 Å². The van der Waals surface area contributed by atoms with E-state index in [0.29, 0.717) is 6.42 Å². The maximum absolute atomic E-state index is 11.5. The highest BCUT2D eigenvalue weighted by atomic mass is 16.5. The van der Waals surface area contributed by atoms with Crippen molar-refractivity contribution in [1.82, 2.24) is 0 Å². The zero-order valence-electron chi connectivity index (χ0n) is 12.2. The average Bonchev–Trinajstić information content (AvgIpc) is 2.54. The number of benzene rings is 2. The van der Waals surface area contributed by atoms with E-state index in [0.717, 1.165) is 22.4 Å². The molecule has 2 rings (SSSR count). The smallest absolute Gasteiger partial charge is 0.322 e. The van der Waals surface area contributed by atoms with Gasteiger partial charge in [0.15, 0.2) is 0 Å². The second-order valence-electron chi connectivity index (χ2n) is 4.72. The van der Waals surface area contributed by atoms with Gasteiger partial charge in [0.25, 0.3) is 0 Å². The van der Waals surface area contributed by atoms with Crippen LogP contribution in [0.2, 0.25) is 0 Å². The van der Waals surface area contributed by atoms with E-state index in [-0.39, 0.29) is 0 Å². The summed E-state index contributed by atoms with van der Waals surface area (Å²) in [6.07, 6.45) is 0.439. The van der Waals surface area contributed by atoms with E-state index in [2.05, 4.69) is 4.74 Å². The third-order valence-electron chi connectivity index (χ3n) is 3.36. The predicted molar refractivity (Wildman–Crippen MR) is 82.1 cm³/mol. The van der Waals surface area contributed by atoms with Gasteiger partial charge in [0, 0.05) is 0 Å². The molecule has 0 amide bonds. The molecule has 4 heteroatoms. The molecular weight excluding hydrogens is 266 g/mol. The topological polar surface area (TPSA) is 61.5 Å². The summed E-state index contributed by atoms with van der Waals surface area (Å²) in [4.78, 5) is 11.5. The van der Waals surface area contributed by atoms with Crippen molar-refractivity contribution in [3.05, 3.63) is 54.1 Å². The second-order valence-corrected chi connectivity index (χ2v) is 4.72. The molecule has 21 heavy (non-hydrogen) atoms. The molecule has 0 radical (unpaired) electrons. The molecule has 0 bridgehead atoms. The van der Waals surface area contributed by atoms with Crippen LogP contribution in [-0.4, -0.2) is 26.2 Å². The van der Waals surface area contributed by atoms with Crippen LogP contribution in [-0.2, 0) is 16.0 Å². The third kappa shape index (κ3) is 3.61. The van der Waals surface area contributed by atoms with Crippen LogP contribution in [0.15, 0.2) is 48.5 Å². The monoisotopic (exact) mass is 285 g/mol. The van der Waals surface area contributed by atoms with E-state index in [1.54, 1.807) is 7.11 Å². The van der Waals surface area contributed by atoms with E-state index in [1.165, 1.54) is 7.11 Å². The summed E-state index contributed by atoms with van der Waals surface area (Å²) in [5.74, 6) is 0.405. The highest BCUT2D eigenvalue weighted by molar-refractivity contribution is 5.77. The van der Waals surface area contributed by atoms with Gasteiger partial charge in [-0.1, -0.05) is 36.4 Å². The fourth-order valence-electron chi connectivity index (χ4n) is 2.22. The maximum Gasteiger partial charge on any atom is 0.322 e. The quantitative estimate of drug-likeness (QED) is 0.857. The summed E-state index contributed by atoms with van der Waals surface area (Å²) in [6, 6.07) is 15.0. The molecule has 0 saturated heterocycles. The minimum Gasteiger partial charge on any atom is -0.497 e. The molecule has 0 unspecified atom stereocenters. The van der Waals surface area contributed by atoms with Crippen LogP contribution >= 0.6 is 0 Å². The molecule has 0 saturated carbocycles. The molecule has 2 aromatic rings. The van der Waals surface area contributed by atoms with Gasteiger partial charge >= 0.3 is 5.97 Å². The average molecular weight is 285 g/mol. The number of carbonyl (C=O) groups is 1. The van der Waals surface area contributed by atoms with Crippen molar-refractivity contribution in [2.75, 3.05) is 14.2 Å². The van der Waals surface area contributed by atoms with Crippen molar-refractivity contribution in [2.45, 2.75) is 12.5 Å². The van der Waals surface area contributed by atoms with Gasteiger partial charge in [-0.3, -0.25) is 4.79 Å². The molecule has 4 nitrogen and oxygen atoms in total.